The molecule has 0 amide bonds. The van der Waals surface area contributed by atoms with Crippen molar-refractivity contribution in [3.8, 4) is 35.2 Å². The first-order valence-electron chi connectivity index (χ1n) is 15.0. The molecule has 0 spiro atoms. The van der Waals surface area contributed by atoms with E-state index in [0.29, 0.717) is 61.2 Å². The summed E-state index contributed by atoms with van der Waals surface area (Å²) in [7, 11) is 0. The van der Waals surface area contributed by atoms with Crippen LogP contribution in [0.1, 0.15) is 31.7 Å². The minimum absolute atomic E-state index is 0.000951. The van der Waals surface area contributed by atoms with Crippen LogP contribution in [0.15, 0.2) is 36.4 Å². The third-order valence-electron chi connectivity index (χ3n) is 9.22. The van der Waals surface area contributed by atoms with E-state index in [-0.39, 0.29) is 46.5 Å². The summed E-state index contributed by atoms with van der Waals surface area (Å²) in [5.41, 5.74) is -0.0940. The molecule has 1 aromatic heterocycles. The molecule has 228 valence electrons. The van der Waals surface area contributed by atoms with Crippen molar-refractivity contribution in [2.45, 2.75) is 37.9 Å². The Kier molecular flexibility index (Phi) is 7.26. The van der Waals surface area contributed by atoms with Gasteiger partial charge in [-0.25, -0.2) is 13.2 Å². The van der Waals surface area contributed by atoms with Crippen LogP contribution in [0.5, 0.6) is 11.8 Å². The zero-order chi connectivity index (χ0) is 30.6. The molecule has 4 aromatic rings. The van der Waals surface area contributed by atoms with E-state index < -0.39 is 23.3 Å². The summed E-state index contributed by atoms with van der Waals surface area (Å²) in [5, 5.41) is 11.8. The van der Waals surface area contributed by atoms with Gasteiger partial charge in [-0.05, 0) is 60.5 Å². The van der Waals surface area contributed by atoms with Gasteiger partial charge in [0.2, 0.25) is 0 Å². The van der Waals surface area contributed by atoms with Crippen molar-refractivity contribution in [1.82, 2.24) is 14.9 Å². The molecule has 44 heavy (non-hydrogen) atoms. The van der Waals surface area contributed by atoms with Gasteiger partial charge in [0, 0.05) is 42.4 Å². The van der Waals surface area contributed by atoms with Crippen molar-refractivity contribution in [3.63, 3.8) is 0 Å². The maximum absolute atomic E-state index is 16.8. The van der Waals surface area contributed by atoms with E-state index in [2.05, 4.69) is 27.6 Å². The molecule has 1 N–H and O–H groups in total. The number of benzene rings is 3. The first-order valence-corrected chi connectivity index (χ1v) is 15.0. The van der Waals surface area contributed by atoms with Gasteiger partial charge < -0.3 is 19.5 Å². The van der Waals surface area contributed by atoms with Gasteiger partial charge in [0.05, 0.1) is 24.3 Å². The third-order valence-corrected chi connectivity index (χ3v) is 9.22. The Balaban J connectivity index is 1.38. The van der Waals surface area contributed by atoms with Gasteiger partial charge in [0.25, 0.3) is 0 Å². The highest BCUT2D eigenvalue weighted by Crippen LogP contribution is 2.42. The van der Waals surface area contributed by atoms with Crippen LogP contribution in [-0.4, -0.2) is 77.7 Å². The topological polar surface area (TPSA) is 71.0 Å². The van der Waals surface area contributed by atoms with E-state index in [1.54, 1.807) is 12.1 Å². The Morgan fingerprint density at radius 2 is 2.00 bits per heavy atom. The van der Waals surface area contributed by atoms with E-state index in [9.17, 15) is 13.9 Å². The van der Waals surface area contributed by atoms with Gasteiger partial charge in [0.15, 0.2) is 5.82 Å². The van der Waals surface area contributed by atoms with Crippen molar-refractivity contribution >= 4 is 27.5 Å². The number of terminal acetylenes is 1. The normalized spacial score (nSPS) is 24.0. The number of halogens is 3. The molecule has 0 saturated carbocycles. The first-order chi connectivity index (χ1) is 21.3. The number of phenols is 1. The maximum Gasteiger partial charge on any atom is 0.319 e. The standard InChI is InChI=1S/C34H33F3N4O3/c1-3-24-28(36)8-5-21-13-23(42)14-27(29(21)24)25-6-7-26-31(30(25)37)38-33(39-32(26)40-11-12-43-18-20(2)16-40)44-19-34-9-4-10-41(34)17-22(35)15-34/h1,5-8,13-14,20,22,42H,4,9-12,15-19H2,2H3/t20?,22-,34+/m1/s1. The number of fused-ring (bicyclic) bond motifs is 3. The zero-order valence-electron chi connectivity index (χ0n) is 24.5. The zero-order valence-corrected chi connectivity index (χ0v) is 24.5. The average Bonchev–Trinajstić information content (AvgIpc) is 3.43. The van der Waals surface area contributed by atoms with Crippen LogP contribution in [0, 0.1) is 29.9 Å². The number of aromatic nitrogens is 2. The molecular weight excluding hydrogens is 569 g/mol. The maximum atomic E-state index is 16.8. The van der Waals surface area contributed by atoms with Crippen molar-refractivity contribution in [2.24, 2.45) is 5.92 Å². The Bertz CT molecular complexity index is 1810. The van der Waals surface area contributed by atoms with Gasteiger partial charge in [-0.15, -0.1) is 6.42 Å². The number of alkyl halides is 1. The predicted octanol–water partition coefficient (Wildman–Crippen LogP) is 5.84. The monoisotopic (exact) mass is 602 g/mol. The minimum Gasteiger partial charge on any atom is -0.508 e. The highest BCUT2D eigenvalue weighted by atomic mass is 19.1. The lowest BCUT2D eigenvalue weighted by Gasteiger charge is -2.31. The Hall–Kier alpha value is -4.07. The molecule has 3 atom stereocenters. The van der Waals surface area contributed by atoms with Gasteiger partial charge in [0.1, 0.15) is 35.7 Å². The summed E-state index contributed by atoms with van der Waals surface area (Å²) in [6.45, 7) is 5.74. The fourth-order valence-electron chi connectivity index (χ4n) is 7.24. The lowest BCUT2D eigenvalue weighted by Crippen LogP contribution is -2.43. The van der Waals surface area contributed by atoms with Gasteiger partial charge in [-0.1, -0.05) is 25.0 Å². The number of phenolic OH excluding ortho intramolecular Hbond substituents is 1. The van der Waals surface area contributed by atoms with Gasteiger partial charge >= 0.3 is 6.01 Å². The smallest absolute Gasteiger partial charge is 0.319 e. The minimum atomic E-state index is -0.916. The molecule has 3 saturated heterocycles. The fourth-order valence-corrected chi connectivity index (χ4v) is 7.24. The highest BCUT2D eigenvalue weighted by Gasteiger charge is 2.49. The number of rotatable bonds is 5. The molecule has 3 aliphatic heterocycles. The van der Waals surface area contributed by atoms with Gasteiger partial charge in [-0.3, -0.25) is 4.90 Å². The van der Waals surface area contributed by atoms with Crippen LogP contribution in [-0.2, 0) is 4.74 Å². The molecule has 0 radical (unpaired) electrons. The highest BCUT2D eigenvalue weighted by molar-refractivity contribution is 6.04. The summed E-state index contributed by atoms with van der Waals surface area (Å²) < 4.78 is 58.0. The second kappa shape index (κ2) is 11.1. The van der Waals surface area contributed by atoms with Crippen LogP contribution in [0.4, 0.5) is 19.0 Å². The van der Waals surface area contributed by atoms with Crippen molar-refractivity contribution < 1.29 is 27.8 Å². The summed E-state index contributed by atoms with van der Waals surface area (Å²) in [6, 6.07) is 8.88. The fraction of sp³-hybridized carbons (Fsp3) is 0.412. The molecule has 10 heteroatoms. The molecule has 7 rings (SSSR count). The number of ether oxygens (including phenoxy) is 2. The summed E-state index contributed by atoms with van der Waals surface area (Å²) >= 11 is 0. The molecule has 3 aliphatic rings. The second-order valence-corrected chi connectivity index (χ2v) is 12.3. The molecule has 4 heterocycles. The third kappa shape index (κ3) is 4.88. The SMILES string of the molecule is C#Cc1c(F)ccc2cc(O)cc(-c3ccc4c(N5CCOCC(C)C5)nc(OC[C@@]56CCCN5C[C@H](F)C6)nc4c3F)c12. The van der Waals surface area contributed by atoms with E-state index in [1.165, 1.54) is 24.3 Å². The molecular formula is C34H33F3N4O3. The first kappa shape index (κ1) is 28.7. The van der Waals surface area contributed by atoms with E-state index >= 15 is 4.39 Å². The van der Waals surface area contributed by atoms with Crippen LogP contribution < -0.4 is 9.64 Å². The Labute approximate surface area is 253 Å². The van der Waals surface area contributed by atoms with Crippen LogP contribution in [0.2, 0.25) is 0 Å². The molecule has 7 nitrogen and oxygen atoms in total. The Morgan fingerprint density at radius 1 is 1.14 bits per heavy atom. The summed E-state index contributed by atoms with van der Waals surface area (Å²) in [6.07, 6.45) is 6.92. The number of hydrogen-bond acceptors (Lipinski definition) is 7. The average molecular weight is 603 g/mol. The molecule has 1 unspecified atom stereocenters. The molecule has 3 fully saturated rings. The summed E-state index contributed by atoms with van der Waals surface area (Å²) in [4.78, 5) is 13.5. The number of aromatic hydroxyl groups is 1. The van der Waals surface area contributed by atoms with Crippen LogP contribution in [0.25, 0.3) is 32.8 Å². The van der Waals surface area contributed by atoms with Crippen LogP contribution in [0.3, 0.4) is 0 Å². The number of anilines is 1. The molecule has 0 bridgehead atoms. The lowest BCUT2D eigenvalue weighted by molar-refractivity contribution is 0.107. The van der Waals surface area contributed by atoms with E-state index in [0.717, 1.165) is 19.4 Å². The molecule has 3 aromatic carbocycles. The molecule has 0 aliphatic carbocycles. The van der Waals surface area contributed by atoms with Crippen molar-refractivity contribution in [3.05, 3.63) is 53.6 Å². The van der Waals surface area contributed by atoms with E-state index in [1.807, 2.05) is 0 Å². The van der Waals surface area contributed by atoms with Crippen molar-refractivity contribution in [1.29, 1.82) is 0 Å². The Morgan fingerprint density at radius 3 is 2.84 bits per heavy atom. The van der Waals surface area contributed by atoms with Gasteiger partial charge in [-0.2, -0.15) is 9.97 Å². The predicted molar refractivity (Wildman–Crippen MR) is 163 cm³/mol. The second-order valence-electron chi connectivity index (χ2n) is 12.3. The number of hydrogen-bond donors (Lipinski definition) is 1. The van der Waals surface area contributed by atoms with Crippen LogP contribution >= 0.6 is 0 Å². The van der Waals surface area contributed by atoms with E-state index in [4.69, 9.17) is 20.9 Å². The quantitative estimate of drug-likeness (QED) is 0.288. The lowest BCUT2D eigenvalue weighted by atomic mass is 9.93. The van der Waals surface area contributed by atoms with Crippen molar-refractivity contribution in [2.75, 3.05) is 50.9 Å². The largest absolute Gasteiger partial charge is 0.508 e. The number of nitrogens with zero attached hydrogens (tertiary/aromatic N) is 4. The summed E-state index contributed by atoms with van der Waals surface area (Å²) in [5.74, 6) is 1.69.